The lowest BCUT2D eigenvalue weighted by molar-refractivity contribution is 0.144. The first-order valence-corrected chi connectivity index (χ1v) is 10.3. The molecule has 6 heteroatoms. The molecule has 1 heterocycles. The van der Waals surface area contributed by atoms with Crippen LogP contribution < -0.4 is 4.74 Å². The zero-order valence-corrected chi connectivity index (χ0v) is 17.3. The van der Waals surface area contributed by atoms with Crippen LogP contribution >= 0.6 is 0 Å². The second-order valence-corrected chi connectivity index (χ2v) is 7.45. The van der Waals surface area contributed by atoms with Gasteiger partial charge in [0.15, 0.2) is 0 Å². The van der Waals surface area contributed by atoms with Gasteiger partial charge in [-0.25, -0.2) is 9.78 Å². The highest BCUT2D eigenvalue weighted by Gasteiger charge is 2.13. The number of carbonyl (C=O) groups is 1. The number of benzene rings is 3. The van der Waals surface area contributed by atoms with Crippen molar-refractivity contribution in [2.45, 2.75) is 32.7 Å². The van der Waals surface area contributed by atoms with E-state index < -0.39 is 6.16 Å². The Morgan fingerprint density at radius 2 is 1.84 bits per heavy atom. The molecule has 2 N–H and O–H groups in total. The minimum absolute atomic E-state index is 0.214. The van der Waals surface area contributed by atoms with Crippen molar-refractivity contribution in [1.82, 2.24) is 9.55 Å². The summed E-state index contributed by atoms with van der Waals surface area (Å²) < 4.78 is 7.11. The van der Waals surface area contributed by atoms with Gasteiger partial charge in [0.1, 0.15) is 17.3 Å². The van der Waals surface area contributed by atoms with Crippen LogP contribution in [-0.4, -0.2) is 25.9 Å². The van der Waals surface area contributed by atoms with Crippen LogP contribution in [0.4, 0.5) is 4.79 Å². The lowest BCUT2D eigenvalue weighted by Crippen LogP contribution is -2.05. The minimum Gasteiger partial charge on any atom is -0.508 e. The Bertz CT molecular complexity index is 1210. The van der Waals surface area contributed by atoms with Crippen LogP contribution in [0.2, 0.25) is 0 Å². The minimum atomic E-state index is -1.33. The van der Waals surface area contributed by atoms with E-state index in [0.29, 0.717) is 12.3 Å². The van der Waals surface area contributed by atoms with E-state index >= 15 is 0 Å². The number of para-hydroxylation sites is 1. The number of hydrogen-bond acceptors (Lipinski definition) is 4. The smallest absolute Gasteiger partial charge is 0.508 e. The number of ether oxygens (including phenoxy) is 1. The summed E-state index contributed by atoms with van der Waals surface area (Å²) >= 11 is 0. The van der Waals surface area contributed by atoms with Crippen molar-refractivity contribution in [1.29, 1.82) is 0 Å². The maximum Gasteiger partial charge on any atom is 0.511 e. The predicted octanol–water partition coefficient (Wildman–Crippen LogP) is 5.86. The second kappa shape index (κ2) is 8.92. The van der Waals surface area contributed by atoms with Crippen LogP contribution in [0.3, 0.4) is 0 Å². The number of aryl methyl sites for hydroxylation is 1. The van der Waals surface area contributed by atoms with E-state index in [0.717, 1.165) is 52.8 Å². The van der Waals surface area contributed by atoms with Crippen molar-refractivity contribution in [2.24, 2.45) is 0 Å². The molecule has 0 aliphatic heterocycles. The standard InChI is InChI=1S/C25H24N2O4/c1-2-3-8-24-26-21-15-19(28)13-14-22(21)27(24)16-17-9-11-18(12-10-17)20-6-4-5-7-23(20)31-25(29)30/h4-7,9-15,28H,2-3,8,16H2,1H3,(H,29,30). The van der Waals surface area contributed by atoms with E-state index in [1.807, 2.05) is 42.5 Å². The third kappa shape index (κ3) is 4.53. The molecule has 6 nitrogen and oxygen atoms in total. The van der Waals surface area contributed by atoms with Gasteiger partial charge in [0.25, 0.3) is 0 Å². The van der Waals surface area contributed by atoms with Gasteiger partial charge in [-0.1, -0.05) is 55.8 Å². The van der Waals surface area contributed by atoms with Crippen LogP contribution in [0.5, 0.6) is 11.5 Å². The summed E-state index contributed by atoms with van der Waals surface area (Å²) in [6.07, 6.45) is 1.68. The van der Waals surface area contributed by atoms with Gasteiger partial charge in [-0.2, -0.15) is 0 Å². The van der Waals surface area contributed by atoms with Gasteiger partial charge in [0.2, 0.25) is 0 Å². The fourth-order valence-electron chi connectivity index (χ4n) is 3.73. The van der Waals surface area contributed by atoms with Crippen molar-refractivity contribution >= 4 is 17.2 Å². The number of fused-ring (bicyclic) bond motifs is 1. The Morgan fingerprint density at radius 1 is 1.06 bits per heavy atom. The fourth-order valence-corrected chi connectivity index (χ4v) is 3.73. The lowest BCUT2D eigenvalue weighted by Gasteiger charge is -2.11. The molecule has 0 aliphatic rings. The molecular weight excluding hydrogens is 392 g/mol. The van der Waals surface area contributed by atoms with E-state index in [2.05, 4.69) is 11.5 Å². The van der Waals surface area contributed by atoms with Gasteiger partial charge >= 0.3 is 6.16 Å². The molecule has 0 radical (unpaired) electrons. The molecule has 0 spiro atoms. The number of unbranched alkanes of at least 4 members (excludes halogenated alkanes) is 1. The highest BCUT2D eigenvalue weighted by Crippen LogP contribution is 2.30. The van der Waals surface area contributed by atoms with Crippen molar-refractivity contribution in [2.75, 3.05) is 0 Å². The van der Waals surface area contributed by atoms with Crippen molar-refractivity contribution < 1.29 is 19.7 Å². The van der Waals surface area contributed by atoms with Crippen LogP contribution in [0.25, 0.3) is 22.2 Å². The van der Waals surface area contributed by atoms with Crippen LogP contribution in [0.15, 0.2) is 66.7 Å². The number of phenolic OH excluding ortho intramolecular Hbond substituents is 1. The summed E-state index contributed by atoms with van der Waals surface area (Å²) in [5.41, 5.74) is 4.50. The Hall–Kier alpha value is -3.80. The summed E-state index contributed by atoms with van der Waals surface area (Å²) in [7, 11) is 0. The molecular formula is C25H24N2O4. The van der Waals surface area contributed by atoms with Crippen molar-refractivity contribution in [3.8, 4) is 22.6 Å². The summed E-state index contributed by atoms with van der Waals surface area (Å²) in [6.45, 7) is 2.82. The highest BCUT2D eigenvalue weighted by molar-refractivity contribution is 5.78. The van der Waals surface area contributed by atoms with E-state index in [1.165, 1.54) is 0 Å². The average molecular weight is 416 g/mol. The van der Waals surface area contributed by atoms with Gasteiger partial charge < -0.3 is 19.5 Å². The Morgan fingerprint density at radius 3 is 2.58 bits per heavy atom. The molecule has 0 saturated carbocycles. The van der Waals surface area contributed by atoms with Crippen molar-refractivity contribution in [3.63, 3.8) is 0 Å². The zero-order valence-electron chi connectivity index (χ0n) is 17.3. The second-order valence-electron chi connectivity index (χ2n) is 7.45. The summed E-state index contributed by atoms with van der Waals surface area (Å²) in [5.74, 6) is 1.53. The molecule has 0 unspecified atom stereocenters. The summed E-state index contributed by atoms with van der Waals surface area (Å²) in [4.78, 5) is 15.7. The number of carboxylic acid groups (broad SMARTS) is 1. The van der Waals surface area contributed by atoms with Gasteiger partial charge in [0.05, 0.1) is 11.0 Å². The van der Waals surface area contributed by atoms with Gasteiger partial charge in [-0.15, -0.1) is 0 Å². The molecule has 0 saturated heterocycles. The Kier molecular flexibility index (Phi) is 5.89. The third-order valence-electron chi connectivity index (χ3n) is 5.25. The van der Waals surface area contributed by atoms with Crippen molar-refractivity contribution in [3.05, 3.63) is 78.1 Å². The topological polar surface area (TPSA) is 84.6 Å². The summed E-state index contributed by atoms with van der Waals surface area (Å²) in [6, 6.07) is 20.4. The first-order chi connectivity index (χ1) is 15.0. The Labute approximate surface area is 180 Å². The van der Waals surface area contributed by atoms with E-state index in [1.54, 1.807) is 24.3 Å². The molecule has 0 aliphatic carbocycles. The molecule has 3 aromatic carbocycles. The summed E-state index contributed by atoms with van der Waals surface area (Å²) in [5, 5.41) is 18.8. The number of aromatic nitrogens is 2. The average Bonchev–Trinajstić information content (AvgIpc) is 3.09. The van der Waals surface area contributed by atoms with Gasteiger partial charge in [0, 0.05) is 24.6 Å². The number of imidazole rings is 1. The number of nitrogens with zero attached hydrogens (tertiary/aromatic N) is 2. The first kappa shape index (κ1) is 20.5. The maximum atomic E-state index is 11.0. The highest BCUT2D eigenvalue weighted by atomic mass is 16.7. The molecule has 31 heavy (non-hydrogen) atoms. The normalized spacial score (nSPS) is 11.0. The predicted molar refractivity (Wildman–Crippen MR) is 120 cm³/mol. The van der Waals surface area contributed by atoms with Gasteiger partial charge in [-0.3, -0.25) is 0 Å². The molecule has 0 amide bonds. The quantitative estimate of drug-likeness (QED) is 0.291. The largest absolute Gasteiger partial charge is 0.511 e. The first-order valence-electron chi connectivity index (χ1n) is 10.3. The van der Waals surface area contributed by atoms with Crippen LogP contribution in [-0.2, 0) is 13.0 Å². The van der Waals surface area contributed by atoms with Gasteiger partial charge in [-0.05, 0) is 35.7 Å². The molecule has 4 aromatic rings. The maximum absolute atomic E-state index is 11.0. The molecule has 1 aromatic heterocycles. The SMILES string of the molecule is CCCCc1nc2cc(O)ccc2n1Cc1ccc(-c2ccccc2OC(=O)O)cc1. The Balaban J connectivity index is 1.64. The molecule has 0 atom stereocenters. The van der Waals surface area contributed by atoms with E-state index in [4.69, 9.17) is 14.8 Å². The molecule has 158 valence electrons. The van der Waals surface area contributed by atoms with Crippen LogP contribution in [0.1, 0.15) is 31.2 Å². The van der Waals surface area contributed by atoms with Crippen LogP contribution in [0, 0.1) is 0 Å². The molecule has 4 rings (SSSR count). The fraction of sp³-hybridized carbons (Fsp3) is 0.200. The zero-order chi connectivity index (χ0) is 21.8. The molecule has 0 bridgehead atoms. The van der Waals surface area contributed by atoms with E-state index in [-0.39, 0.29) is 5.75 Å². The lowest BCUT2D eigenvalue weighted by atomic mass is 10.0. The number of aromatic hydroxyl groups is 1. The number of phenols is 1. The third-order valence-corrected chi connectivity index (χ3v) is 5.25. The monoisotopic (exact) mass is 416 g/mol. The number of hydrogen-bond donors (Lipinski definition) is 2. The molecule has 0 fully saturated rings. The van der Waals surface area contributed by atoms with E-state index in [9.17, 15) is 9.90 Å². The number of rotatable bonds is 7.